The second-order valence-electron chi connectivity index (χ2n) is 4.35. The molecule has 2 rings (SSSR count). The van der Waals surface area contributed by atoms with E-state index in [1.807, 2.05) is 6.07 Å². The minimum Gasteiger partial charge on any atom is -0.391 e. The van der Waals surface area contributed by atoms with Crippen molar-refractivity contribution in [2.75, 3.05) is 11.4 Å². The molecule has 2 unspecified atom stereocenters. The van der Waals surface area contributed by atoms with Gasteiger partial charge in [-0.2, -0.15) is 5.10 Å². The lowest BCUT2D eigenvalue weighted by atomic mass is 10.1. The number of aliphatic hydroxyl groups excluding tert-OH is 1. The highest BCUT2D eigenvalue weighted by atomic mass is 16.3. The number of β-amino-alcohol motifs (C(OH)–C–C–N with tert-alkyl or cyclic N) is 1. The first-order valence-corrected chi connectivity index (χ1v) is 5.65. The lowest BCUT2D eigenvalue weighted by molar-refractivity contribution is -0.117. The molecular formula is C11H17N3O2. The molecule has 1 aromatic heterocycles. The number of nitrogens with one attached hydrogen (secondary N) is 1. The maximum absolute atomic E-state index is 11.5. The predicted octanol–water partition coefficient (Wildman–Crippen LogP) is 1.02. The van der Waals surface area contributed by atoms with Gasteiger partial charge in [0, 0.05) is 11.8 Å². The Morgan fingerprint density at radius 1 is 1.75 bits per heavy atom. The number of carbonyl (C=O) groups is 1. The van der Waals surface area contributed by atoms with E-state index in [9.17, 15) is 9.90 Å². The fraction of sp³-hybridized carbons (Fsp3) is 0.636. The molecule has 88 valence electrons. The van der Waals surface area contributed by atoms with Crippen LogP contribution >= 0.6 is 0 Å². The van der Waals surface area contributed by atoms with E-state index in [1.165, 1.54) is 4.90 Å². The van der Waals surface area contributed by atoms with Crippen molar-refractivity contribution in [3.8, 4) is 0 Å². The Kier molecular flexibility index (Phi) is 2.96. The van der Waals surface area contributed by atoms with Crippen molar-refractivity contribution in [3.63, 3.8) is 0 Å². The van der Waals surface area contributed by atoms with Crippen molar-refractivity contribution in [1.29, 1.82) is 0 Å². The number of aromatic nitrogens is 2. The molecule has 2 atom stereocenters. The number of hydrogen-bond acceptors (Lipinski definition) is 3. The number of aromatic amines is 1. The second kappa shape index (κ2) is 4.25. The van der Waals surface area contributed by atoms with Crippen LogP contribution in [-0.4, -0.2) is 33.9 Å². The first kappa shape index (κ1) is 11.1. The van der Waals surface area contributed by atoms with E-state index in [-0.39, 0.29) is 12.3 Å². The van der Waals surface area contributed by atoms with Crippen molar-refractivity contribution < 1.29 is 9.90 Å². The Morgan fingerprint density at radius 3 is 3.06 bits per heavy atom. The number of carbonyl (C=O) groups excluding carboxylic acids is 1. The van der Waals surface area contributed by atoms with Gasteiger partial charge >= 0.3 is 0 Å². The molecule has 2 heterocycles. The standard InChI is InChI=1S/C11H17N3O2/c1-3-7(2)9-5-10(13-12-9)14-6-8(15)4-11(14)16/h5,7-8,15H,3-4,6H2,1-2H3,(H,12,13). The van der Waals surface area contributed by atoms with Crippen LogP contribution in [0.15, 0.2) is 6.07 Å². The number of nitrogens with zero attached hydrogens (tertiary/aromatic N) is 2. The maximum Gasteiger partial charge on any atom is 0.230 e. The summed E-state index contributed by atoms with van der Waals surface area (Å²) in [6.45, 7) is 4.57. The summed E-state index contributed by atoms with van der Waals surface area (Å²) in [4.78, 5) is 13.1. The van der Waals surface area contributed by atoms with Gasteiger partial charge in [-0.3, -0.25) is 14.8 Å². The molecule has 0 radical (unpaired) electrons. The number of rotatable bonds is 3. The molecule has 1 aliphatic rings. The van der Waals surface area contributed by atoms with Gasteiger partial charge in [-0.1, -0.05) is 13.8 Å². The molecule has 1 amide bonds. The van der Waals surface area contributed by atoms with Crippen LogP contribution in [0, 0.1) is 0 Å². The summed E-state index contributed by atoms with van der Waals surface area (Å²) in [5.74, 6) is 0.968. The summed E-state index contributed by atoms with van der Waals surface area (Å²) >= 11 is 0. The Labute approximate surface area is 94.5 Å². The van der Waals surface area contributed by atoms with Gasteiger partial charge < -0.3 is 5.11 Å². The van der Waals surface area contributed by atoms with E-state index in [1.54, 1.807) is 0 Å². The average molecular weight is 223 g/mol. The maximum atomic E-state index is 11.5. The Bertz CT molecular complexity index is 388. The molecule has 1 fully saturated rings. The Balaban J connectivity index is 2.16. The van der Waals surface area contributed by atoms with Gasteiger partial charge in [-0.15, -0.1) is 0 Å². The quantitative estimate of drug-likeness (QED) is 0.803. The van der Waals surface area contributed by atoms with Crippen LogP contribution in [-0.2, 0) is 4.79 Å². The summed E-state index contributed by atoms with van der Waals surface area (Å²) < 4.78 is 0. The molecule has 0 saturated carbocycles. The van der Waals surface area contributed by atoms with E-state index in [0.717, 1.165) is 12.1 Å². The smallest absolute Gasteiger partial charge is 0.230 e. The summed E-state index contributed by atoms with van der Waals surface area (Å²) in [7, 11) is 0. The third kappa shape index (κ3) is 1.95. The lowest BCUT2D eigenvalue weighted by Crippen LogP contribution is -2.25. The fourth-order valence-electron chi connectivity index (χ4n) is 1.85. The molecule has 1 aliphatic heterocycles. The molecule has 5 heteroatoms. The van der Waals surface area contributed by atoms with E-state index in [4.69, 9.17) is 0 Å². The molecule has 0 spiro atoms. The summed E-state index contributed by atoms with van der Waals surface area (Å²) in [5.41, 5.74) is 1.03. The van der Waals surface area contributed by atoms with Crippen LogP contribution in [0.3, 0.4) is 0 Å². The zero-order chi connectivity index (χ0) is 11.7. The molecule has 1 saturated heterocycles. The van der Waals surface area contributed by atoms with E-state index < -0.39 is 6.10 Å². The number of H-pyrrole nitrogens is 1. The topological polar surface area (TPSA) is 69.2 Å². The molecular weight excluding hydrogens is 206 g/mol. The van der Waals surface area contributed by atoms with Gasteiger partial charge in [0.1, 0.15) is 0 Å². The van der Waals surface area contributed by atoms with Gasteiger partial charge in [0.05, 0.1) is 19.1 Å². The largest absolute Gasteiger partial charge is 0.391 e. The highest BCUT2D eigenvalue weighted by Crippen LogP contribution is 2.24. The summed E-state index contributed by atoms with van der Waals surface area (Å²) in [6.07, 6.45) is 0.667. The highest BCUT2D eigenvalue weighted by molar-refractivity contribution is 5.95. The van der Waals surface area contributed by atoms with Crippen LogP contribution in [0.25, 0.3) is 0 Å². The molecule has 16 heavy (non-hydrogen) atoms. The molecule has 1 aromatic rings. The van der Waals surface area contributed by atoms with Crippen LogP contribution < -0.4 is 4.90 Å². The normalized spacial score (nSPS) is 22.8. The van der Waals surface area contributed by atoms with Crippen molar-refractivity contribution in [2.24, 2.45) is 0 Å². The van der Waals surface area contributed by atoms with Crippen LogP contribution in [0.4, 0.5) is 5.82 Å². The minimum atomic E-state index is -0.559. The Hall–Kier alpha value is -1.36. The molecule has 2 N–H and O–H groups in total. The second-order valence-corrected chi connectivity index (χ2v) is 4.35. The molecule has 0 aliphatic carbocycles. The van der Waals surface area contributed by atoms with Gasteiger partial charge in [0.2, 0.25) is 5.91 Å². The number of anilines is 1. The first-order valence-electron chi connectivity index (χ1n) is 5.65. The minimum absolute atomic E-state index is 0.0605. The first-order chi connectivity index (χ1) is 7.61. The zero-order valence-corrected chi connectivity index (χ0v) is 9.60. The van der Waals surface area contributed by atoms with Crippen molar-refractivity contribution in [2.45, 2.75) is 38.7 Å². The monoisotopic (exact) mass is 223 g/mol. The SMILES string of the molecule is CCC(C)c1cc(N2CC(O)CC2=O)n[nH]1. The van der Waals surface area contributed by atoms with Crippen LogP contribution in [0.1, 0.15) is 38.3 Å². The number of hydrogen-bond donors (Lipinski definition) is 2. The predicted molar refractivity (Wildman–Crippen MR) is 60.3 cm³/mol. The molecule has 0 bridgehead atoms. The van der Waals surface area contributed by atoms with Gasteiger partial charge in [-0.25, -0.2) is 0 Å². The number of aliphatic hydroxyl groups is 1. The average Bonchev–Trinajstić information content (AvgIpc) is 2.83. The molecule has 0 aromatic carbocycles. The van der Waals surface area contributed by atoms with Crippen molar-refractivity contribution in [1.82, 2.24) is 10.2 Å². The van der Waals surface area contributed by atoms with E-state index >= 15 is 0 Å². The van der Waals surface area contributed by atoms with Crippen molar-refractivity contribution >= 4 is 11.7 Å². The fourth-order valence-corrected chi connectivity index (χ4v) is 1.85. The van der Waals surface area contributed by atoms with Gasteiger partial charge in [0.25, 0.3) is 0 Å². The third-order valence-corrected chi connectivity index (χ3v) is 3.11. The Morgan fingerprint density at radius 2 is 2.50 bits per heavy atom. The lowest BCUT2D eigenvalue weighted by Gasteiger charge is -2.11. The summed E-state index contributed by atoms with van der Waals surface area (Å²) in [6, 6.07) is 1.89. The van der Waals surface area contributed by atoms with Crippen LogP contribution in [0.2, 0.25) is 0 Å². The third-order valence-electron chi connectivity index (χ3n) is 3.11. The number of amides is 1. The van der Waals surface area contributed by atoms with Crippen molar-refractivity contribution in [3.05, 3.63) is 11.8 Å². The van der Waals surface area contributed by atoms with Gasteiger partial charge in [0.15, 0.2) is 5.82 Å². The van der Waals surface area contributed by atoms with E-state index in [2.05, 4.69) is 24.0 Å². The highest BCUT2D eigenvalue weighted by Gasteiger charge is 2.30. The van der Waals surface area contributed by atoms with Gasteiger partial charge in [-0.05, 0) is 12.3 Å². The van der Waals surface area contributed by atoms with E-state index in [0.29, 0.717) is 18.3 Å². The molecule has 5 nitrogen and oxygen atoms in total. The van der Waals surface area contributed by atoms with Crippen LogP contribution in [0.5, 0.6) is 0 Å². The zero-order valence-electron chi connectivity index (χ0n) is 9.60. The summed E-state index contributed by atoms with van der Waals surface area (Å²) in [5, 5.41) is 16.5.